The van der Waals surface area contributed by atoms with Gasteiger partial charge in [-0.1, -0.05) is 20.8 Å². The average Bonchev–Trinajstić information content (AvgIpc) is 1.71. The van der Waals surface area contributed by atoms with Crippen LogP contribution in [0.15, 0.2) is 0 Å². The van der Waals surface area contributed by atoms with Crippen LogP contribution in [0.3, 0.4) is 0 Å². The minimum atomic E-state index is -3.09. The molecule has 1 aliphatic rings. The highest BCUT2D eigenvalue weighted by Crippen LogP contribution is 2.22. The van der Waals surface area contributed by atoms with Crippen LogP contribution in [0.25, 0.3) is 0 Å². The molecule has 0 spiro atoms. The smallest absolute Gasteiger partial charge is 0.215 e. The zero-order chi connectivity index (χ0) is 11.7. The van der Waals surface area contributed by atoms with E-state index in [0.29, 0.717) is 13.1 Å². The van der Waals surface area contributed by atoms with Crippen LogP contribution in [0.5, 0.6) is 0 Å². The summed E-state index contributed by atoms with van der Waals surface area (Å²) in [6, 6.07) is -0.254. The van der Waals surface area contributed by atoms with Gasteiger partial charge in [-0.05, 0) is 18.3 Å². The van der Waals surface area contributed by atoms with Crippen LogP contribution < -0.4 is 5.73 Å². The highest BCUT2D eigenvalue weighted by atomic mass is 32.2. The van der Waals surface area contributed by atoms with E-state index in [0.717, 1.165) is 12.8 Å². The van der Waals surface area contributed by atoms with Gasteiger partial charge in [0.15, 0.2) is 0 Å². The van der Waals surface area contributed by atoms with Crippen molar-refractivity contribution in [3.8, 4) is 0 Å². The monoisotopic (exact) mass is 234 g/mol. The Bertz CT molecular complexity index is 302. The molecule has 4 nitrogen and oxygen atoms in total. The second-order valence-electron chi connectivity index (χ2n) is 5.56. The Morgan fingerprint density at radius 2 is 1.87 bits per heavy atom. The lowest BCUT2D eigenvalue weighted by Crippen LogP contribution is -2.47. The Labute approximate surface area is 92.9 Å². The SMILES string of the molecule is CC(C)(C)CC(N)CS(=O)(=O)N1CCC1. The van der Waals surface area contributed by atoms with Gasteiger partial charge in [0, 0.05) is 19.1 Å². The molecule has 1 aliphatic heterocycles. The van der Waals surface area contributed by atoms with Crippen molar-refractivity contribution in [2.75, 3.05) is 18.8 Å². The third-order valence-corrected chi connectivity index (χ3v) is 4.51. The number of hydrogen-bond acceptors (Lipinski definition) is 3. The van der Waals surface area contributed by atoms with Gasteiger partial charge < -0.3 is 5.73 Å². The summed E-state index contributed by atoms with van der Waals surface area (Å²) in [6.45, 7) is 7.56. The molecule has 2 N–H and O–H groups in total. The van der Waals surface area contributed by atoms with E-state index >= 15 is 0 Å². The Balaban J connectivity index is 2.46. The van der Waals surface area contributed by atoms with Crippen molar-refractivity contribution in [2.24, 2.45) is 11.1 Å². The van der Waals surface area contributed by atoms with E-state index in [-0.39, 0.29) is 17.2 Å². The van der Waals surface area contributed by atoms with E-state index in [9.17, 15) is 8.42 Å². The van der Waals surface area contributed by atoms with Gasteiger partial charge in [-0.2, -0.15) is 0 Å². The lowest BCUT2D eigenvalue weighted by atomic mass is 9.89. The summed E-state index contributed by atoms with van der Waals surface area (Å²) < 4.78 is 25.0. The maximum atomic E-state index is 11.8. The van der Waals surface area contributed by atoms with Gasteiger partial charge >= 0.3 is 0 Å². The first-order valence-corrected chi connectivity index (χ1v) is 7.05. The Kier molecular flexibility index (Phi) is 3.79. The average molecular weight is 234 g/mol. The van der Waals surface area contributed by atoms with E-state index in [1.165, 1.54) is 4.31 Å². The van der Waals surface area contributed by atoms with Gasteiger partial charge in [-0.25, -0.2) is 12.7 Å². The summed E-state index contributed by atoms with van der Waals surface area (Å²) >= 11 is 0. The van der Waals surface area contributed by atoms with Gasteiger partial charge in [-0.15, -0.1) is 0 Å². The van der Waals surface area contributed by atoms with Crippen molar-refractivity contribution in [1.82, 2.24) is 4.31 Å². The van der Waals surface area contributed by atoms with Crippen LogP contribution in [0.1, 0.15) is 33.6 Å². The summed E-state index contributed by atoms with van der Waals surface area (Å²) in [6.07, 6.45) is 1.72. The molecule has 1 saturated heterocycles. The molecule has 1 fully saturated rings. The lowest BCUT2D eigenvalue weighted by molar-refractivity contribution is 0.303. The quantitative estimate of drug-likeness (QED) is 0.782. The van der Waals surface area contributed by atoms with E-state index in [2.05, 4.69) is 20.8 Å². The molecule has 0 saturated carbocycles. The molecule has 90 valence electrons. The van der Waals surface area contributed by atoms with E-state index in [1.807, 2.05) is 0 Å². The minimum Gasteiger partial charge on any atom is -0.327 e. The van der Waals surface area contributed by atoms with Crippen molar-refractivity contribution < 1.29 is 8.42 Å². The molecule has 1 unspecified atom stereocenters. The Morgan fingerprint density at radius 3 is 2.20 bits per heavy atom. The van der Waals surface area contributed by atoms with Crippen LogP contribution in [-0.4, -0.2) is 37.6 Å². The van der Waals surface area contributed by atoms with Crippen LogP contribution in [-0.2, 0) is 10.0 Å². The third-order valence-electron chi connectivity index (χ3n) is 2.51. The molecule has 0 aromatic heterocycles. The molecule has 15 heavy (non-hydrogen) atoms. The molecular formula is C10H22N2O2S. The molecule has 1 rings (SSSR count). The molecule has 5 heteroatoms. The standard InChI is InChI=1S/C10H22N2O2S/c1-10(2,3)7-9(11)8-15(13,14)12-5-4-6-12/h9H,4-8,11H2,1-3H3. The Morgan fingerprint density at radius 1 is 1.33 bits per heavy atom. The zero-order valence-electron chi connectivity index (χ0n) is 9.86. The summed E-state index contributed by atoms with van der Waals surface area (Å²) in [7, 11) is -3.09. The maximum Gasteiger partial charge on any atom is 0.215 e. The number of nitrogens with two attached hydrogens (primary N) is 1. The van der Waals surface area contributed by atoms with Crippen LogP contribution in [0.2, 0.25) is 0 Å². The maximum absolute atomic E-state index is 11.8. The zero-order valence-corrected chi connectivity index (χ0v) is 10.7. The molecule has 1 heterocycles. The summed E-state index contributed by atoms with van der Waals surface area (Å²) in [5.41, 5.74) is 5.94. The molecule has 0 aromatic carbocycles. The van der Waals surface area contributed by atoms with Crippen LogP contribution in [0.4, 0.5) is 0 Å². The molecule has 1 atom stereocenters. The third kappa shape index (κ3) is 4.09. The van der Waals surface area contributed by atoms with Crippen molar-refractivity contribution in [1.29, 1.82) is 0 Å². The summed E-state index contributed by atoms with van der Waals surface area (Å²) in [4.78, 5) is 0. The van der Waals surface area contributed by atoms with Crippen molar-refractivity contribution >= 4 is 10.0 Å². The van der Waals surface area contributed by atoms with E-state index in [4.69, 9.17) is 5.73 Å². The van der Waals surface area contributed by atoms with Crippen molar-refractivity contribution in [2.45, 2.75) is 39.7 Å². The minimum absolute atomic E-state index is 0.0872. The molecular weight excluding hydrogens is 212 g/mol. The largest absolute Gasteiger partial charge is 0.327 e. The van der Waals surface area contributed by atoms with E-state index < -0.39 is 10.0 Å². The second-order valence-corrected chi connectivity index (χ2v) is 7.57. The fourth-order valence-electron chi connectivity index (χ4n) is 1.79. The van der Waals surface area contributed by atoms with Gasteiger partial charge in [0.2, 0.25) is 10.0 Å². The molecule has 0 aromatic rings. The lowest BCUT2D eigenvalue weighted by Gasteiger charge is -2.31. The molecule has 0 radical (unpaired) electrons. The fraction of sp³-hybridized carbons (Fsp3) is 1.00. The summed E-state index contributed by atoms with van der Waals surface area (Å²) in [5, 5.41) is 0. The predicted molar refractivity (Wildman–Crippen MR) is 62.0 cm³/mol. The van der Waals surface area contributed by atoms with Crippen LogP contribution >= 0.6 is 0 Å². The highest BCUT2D eigenvalue weighted by Gasteiger charge is 2.30. The number of nitrogens with zero attached hydrogens (tertiary/aromatic N) is 1. The highest BCUT2D eigenvalue weighted by molar-refractivity contribution is 7.89. The first kappa shape index (κ1) is 12.9. The Hall–Kier alpha value is -0.130. The second kappa shape index (κ2) is 4.39. The van der Waals surface area contributed by atoms with Crippen molar-refractivity contribution in [3.63, 3.8) is 0 Å². The molecule has 0 amide bonds. The number of hydrogen-bond donors (Lipinski definition) is 1. The fourth-order valence-corrected chi connectivity index (χ4v) is 3.47. The normalized spacial score (nSPS) is 21.1. The summed E-state index contributed by atoms with van der Waals surface area (Å²) in [5.74, 6) is 0.0876. The molecule has 0 bridgehead atoms. The topological polar surface area (TPSA) is 63.4 Å². The van der Waals surface area contributed by atoms with Gasteiger partial charge in [0.25, 0.3) is 0 Å². The van der Waals surface area contributed by atoms with Crippen LogP contribution in [0, 0.1) is 5.41 Å². The van der Waals surface area contributed by atoms with Gasteiger partial charge in [0.05, 0.1) is 5.75 Å². The number of rotatable bonds is 4. The number of sulfonamides is 1. The van der Waals surface area contributed by atoms with Gasteiger partial charge in [-0.3, -0.25) is 0 Å². The first-order chi connectivity index (χ1) is 6.71. The van der Waals surface area contributed by atoms with E-state index in [1.54, 1.807) is 0 Å². The van der Waals surface area contributed by atoms with Gasteiger partial charge in [0.1, 0.15) is 0 Å². The molecule has 0 aliphatic carbocycles. The first-order valence-electron chi connectivity index (χ1n) is 5.44. The predicted octanol–water partition coefficient (Wildman–Crippen LogP) is 0.785. The van der Waals surface area contributed by atoms with Crippen molar-refractivity contribution in [3.05, 3.63) is 0 Å².